The van der Waals surface area contributed by atoms with E-state index >= 15 is 0 Å². The fourth-order valence-corrected chi connectivity index (χ4v) is 3.55. The van der Waals surface area contributed by atoms with Gasteiger partial charge in [-0.15, -0.1) is 0 Å². The molecular formula is C20H26N4O4. The molecule has 1 aromatic heterocycles. The van der Waals surface area contributed by atoms with Gasteiger partial charge in [0.1, 0.15) is 0 Å². The summed E-state index contributed by atoms with van der Waals surface area (Å²) in [6.07, 6.45) is 4.65. The average Bonchev–Trinajstić information content (AvgIpc) is 2.97. The van der Waals surface area contributed by atoms with E-state index in [0.29, 0.717) is 16.5 Å². The van der Waals surface area contributed by atoms with Crippen LogP contribution in [0.25, 0.3) is 10.9 Å². The third-order valence-electron chi connectivity index (χ3n) is 5.14. The van der Waals surface area contributed by atoms with Crippen molar-refractivity contribution in [1.29, 1.82) is 0 Å². The fraction of sp³-hybridized carbons (Fsp3) is 0.500. The van der Waals surface area contributed by atoms with E-state index in [9.17, 15) is 19.2 Å². The second-order valence-corrected chi connectivity index (χ2v) is 7.04. The van der Waals surface area contributed by atoms with Gasteiger partial charge in [0.25, 0.3) is 11.5 Å². The Bertz CT molecular complexity index is 984. The number of nitrogens with one attached hydrogen (secondary N) is 2. The quantitative estimate of drug-likeness (QED) is 0.806. The molecule has 0 spiro atoms. The molecule has 1 aromatic carbocycles. The highest BCUT2D eigenvalue weighted by molar-refractivity contribution is 5.97. The smallest absolute Gasteiger partial charge is 0.328 e. The lowest BCUT2D eigenvalue weighted by Gasteiger charge is -2.20. The van der Waals surface area contributed by atoms with Gasteiger partial charge >= 0.3 is 5.69 Å². The molecule has 8 nitrogen and oxygen atoms in total. The summed E-state index contributed by atoms with van der Waals surface area (Å²) < 4.78 is 1.11. The van der Waals surface area contributed by atoms with E-state index in [4.69, 9.17) is 0 Å². The minimum absolute atomic E-state index is 0.0603. The number of amides is 2. The Labute approximate surface area is 162 Å². The van der Waals surface area contributed by atoms with Gasteiger partial charge in [-0.05, 0) is 38.0 Å². The molecule has 0 radical (unpaired) electrons. The van der Waals surface area contributed by atoms with Crippen LogP contribution >= 0.6 is 0 Å². The van der Waals surface area contributed by atoms with E-state index in [1.165, 1.54) is 12.1 Å². The summed E-state index contributed by atoms with van der Waals surface area (Å²) >= 11 is 0. The molecule has 3 rings (SSSR count). The van der Waals surface area contributed by atoms with E-state index in [1.807, 2.05) is 4.90 Å². The minimum Gasteiger partial charge on any atom is -0.352 e. The minimum atomic E-state index is -0.499. The van der Waals surface area contributed by atoms with Gasteiger partial charge in [0.15, 0.2) is 0 Å². The largest absolute Gasteiger partial charge is 0.352 e. The number of carbonyl (C=O) groups is 2. The van der Waals surface area contributed by atoms with Gasteiger partial charge < -0.3 is 15.2 Å². The van der Waals surface area contributed by atoms with E-state index in [2.05, 4.69) is 10.3 Å². The molecule has 0 saturated carbocycles. The number of hydrogen-bond donors (Lipinski definition) is 2. The van der Waals surface area contributed by atoms with Crippen LogP contribution in [0.2, 0.25) is 0 Å². The van der Waals surface area contributed by atoms with Crippen molar-refractivity contribution in [3.8, 4) is 0 Å². The van der Waals surface area contributed by atoms with E-state index in [1.54, 1.807) is 13.0 Å². The maximum absolute atomic E-state index is 12.4. The summed E-state index contributed by atoms with van der Waals surface area (Å²) in [6, 6.07) is 4.58. The SMILES string of the molecule is CCn1c(=O)[nH]c2cc(C(=O)NCCC(=O)N3CCCCCC3)ccc2c1=O. The normalized spacial score (nSPS) is 14.7. The molecule has 1 aliphatic heterocycles. The number of nitrogens with zero attached hydrogens (tertiary/aromatic N) is 2. The number of rotatable bonds is 5. The third-order valence-corrected chi connectivity index (χ3v) is 5.14. The molecule has 8 heteroatoms. The van der Waals surface area contributed by atoms with Crippen LogP contribution in [-0.4, -0.2) is 45.9 Å². The number of benzene rings is 1. The molecule has 2 N–H and O–H groups in total. The second kappa shape index (κ2) is 8.86. The zero-order valence-corrected chi connectivity index (χ0v) is 16.1. The summed E-state index contributed by atoms with van der Waals surface area (Å²) in [7, 11) is 0. The Kier molecular flexibility index (Phi) is 6.28. The zero-order valence-electron chi connectivity index (χ0n) is 16.1. The maximum atomic E-state index is 12.4. The number of aromatic nitrogens is 2. The highest BCUT2D eigenvalue weighted by Crippen LogP contribution is 2.11. The molecule has 2 heterocycles. The van der Waals surface area contributed by atoms with Crippen LogP contribution < -0.4 is 16.6 Å². The lowest BCUT2D eigenvalue weighted by Crippen LogP contribution is -2.35. The topological polar surface area (TPSA) is 104 Å². The van der Waals surface area contributed by atoms with Gasteiger partial charge in [0.2, 0.25) is 5.91 Å². The fourth-order valence-electron chi connectivity index (χ4n) is 3.55. The molecule has 2 amide bonds. The molecule has 150 valence electrons. The molecular weight excluding hydrogens is 360 g/mol. The standard InChI is InChI=1S/C20H26N4O4/c1-2-24-19(27)15-8-7-14(13-16(15)22-20(24)28)18(26)21-10-9-17(25)23-11-5-3-4-6-12-23/h7-8,13H,2-6,9-12H2,1H3,(H,21,26)(H,22,28). The van der Waals surface area contributed by atoms with Crippen molar-refractivity contribution >= 4 is 22.7 Å². The molecule has 0 bridgehead atoms. The zero-order chi connectivity index (χ0) is 20.1. The lowest BCUT2D eigenvalue weighted by molar-refractivity contribution is -0.131. The summed E-state index contributed by atoms with van der Waals surface area (Å²) in [6.45, 7) is 3.83. The first-order chi connectivity index (χ1) is 13.5. The van der Waals surface area contributed by atoms with Gasteiger partial charge in [-0.2, -0.15) is 0 Å². The maximum Gasteiger partial charge on any atom is 0.328 e. The van der Waals surface area contributed by atoms with Crippen molar-refractivity contribution in [3.63, 3.8) is 0 Å². The van der Waals surface area contributed by atoms with Gasteiger partial charge in [0.05, 0.1) is 10.9 Å². The van der Waals surface area contributed by atoms with E-state index in [0.717, 1.165) is 43.3 Å². The summed E-state index contributed by atoms with van der Waals surface area (Å²) in [5.74, 6) is -0.281. The Balaban J connectivity index is 1.64. The molecule has 1 fully saturated rings. The van der Waals surface area contributed by atoms with Crippen LogP contribution in [0.4, 0.5) is 0 Å². The van der Waals surface area contributed by atoms with Gasteiger partial charge in [0, 0.05) is 38.2 Å². The van der Waals surface area contributed by atoms with Crippen LogP contribution in [0.3, 0.4) is 0 Å². The van der Waals surface area contributed by atoms with Crippen molar-refractivity contribution < 1.29 is 9.59 Å². The van der Waals surface area contributed by atoms with Crippen molar-refractivity contribution in [2.75, 3.05) is 19.6 Å². The highest BCUT2D eigenvalue weighted by atomic mass is 16.2. The van der Waals surface area contributed by atoms with Gasteiger partial charge in [-0.1, -0.05) is 12.8 Å². The highest BCUT2D eigenvalue weighted by Gasteiger charge is 2.16. The van der Waals surface area contributed by atoms with Crippen LogP contribution in [-0.2, 0) is 11.3 Å². The average molecular weight is 386 g/mol. The molecule has 2 aromatic rings. The number of carbonyl (C=O) groups excluding carboxylic acids is 2. The first-order valence-electron chi connectivity index (χ1n) is 9.84. The monoisotopic (exact) mass is 386 g/mol. The second-order valence-electron chi connectivity index (χ2n) is 7.04. The lowest BCUT2D eigenvalue weighted by atomic mass is 10.1. The number of hydrogen-bond acceptors (Lipinski definition) is 4. The first-order valence-corrected chi connectivity index (χ1v) is 9.84. The Morgan fingerprint density at radius 3 is 2.50 bits per heavy atom. The number of likely N-dealkylation sites (tertiary alicyclic amines) is 1. The Morgan fingerprint density at radius 1 is 1.11 bits per heavy atom. The summed E-state index contributed by atoms with van der Waals surface area (Å²) in [5.41, 5.74) is -0.219. The van der Waals surface area contributed by atoms with Crippen LogP contribution in [0.5, 0.6) is 0 Å². The predicted molar refractivity (Wildman–Crippen MR) is 107 cm³/mol. The molecule has 0 unspecified atom stereocenters. The van der Waals surface area contributed by atoms with Gasteiger partial charge in [-0.25, -0.2) is 4.79 Å². The van der Waals surface area contributed by atoms with Crippen LogP contribution in [0, 0.1) is 0 Å². The number of fused-ring (bicyclic) bond motifs is 1. The Morgan fingerprint density at radius 2 is 1.82 bits per heavy atom. The van der Waals surface area contributed by atoms with Crippen molar-refractivity contribution in [3.05, 3.63) is 44.6 Å². The van der Waals surface area contributed by atoms with E-state index in [-0.39, 0.29) is 36.9 Å². The van der Waals surface area contributed by atoms with Crippen LogP contribution in [0.1, 0.15) is 49.4 Å². The van der Waals surface area contributed by atoms with Crippen LogP contribution in [0.15, 0.2) is 27.8 Å². The van der Waals surface area contributed by atoms with E-state index < -0.39 is 5.69 Å². The molecule has 28 heavy (non-hydrogen) atoms. The molecule has 0 atom stereocenters. The molecule has 1 aliphatic rings. The number of aromatic amines is 1. The van der Waals surface area contributed by atoms with Crippen molar-refractivity contribution in [1.82, 2.24) is 19.8 Å². The summed E-state index contributed by atoms with van der Waals surface area (Å²) in [4.78, 5) is 53.4. The molecule has 0 aliphatic carbocycles. The van der Waals surface area contributed by atoms with Gasteiger partial charge in [-0.3, -0.25) is 19.0 Å². The predicted octanol–water partition coefficient (Wildman–Crippen LogP) is 1.23. The number of H-pyrrole nitrogens is 1. The third kappa shape index (κ3) is 4.32. The first kappa shape index (κ1) is 19.9. The summed E-state index contributed by atoms with van der Waals surface area (Å²) in [5, 5.41) is 3.10. The molecule has 1 saturated heterocycles. The van der Waals surface area contributed by atoms with Crippen molar-refractivity contribution in [2.45, 2.75) is 45.6 Å². The Hall–Kier alpha value is -2.90. The van der Waals surface area contributed by atoms with Crippen molar-refractivity contribution in [2.24, 2.45) is 0 Å².